The van der Waals surface area contributed by atoms with E-state index in [0.29, 0.717) is 11.0 Å². The molecule has 0 aromatic heterocycles. The van der Waals surface area contributed by atoms with Crippen LogP contribution in [-0.4, -0.2) is 43.6 Å². The second-order valence-electron chi connectivity index (χ2n) is 9.32. The van der Waals surface area contributed by atoms with Crippen LogP contribution in [0.15, 0.2) is 72.8 Å². The van der Waals surface area contributed by atoms with Gasteiger partial charge in [0.15, 0.2) is 0 Å². The number of ether oxygens (including phenoxy) is 1. The predicted octanol–water partition coefficient (Wildman–Crippen LogP) is 5.64. The van der Waals surface area contributed by atoms with E-state index in [9.17, 15) is 4.79 Å². The van der Waals surface area contributed by atoms with Crippen molar-refractivity contribution in [1.29, 1.82) is 0 Å². The SMILES string of the molecule is COC(=O)/C=C/C[C@@H](CC1SCCCS1)O[Si](c1ccccc1)(c1ccccc1)C(C)(C)C. The van der Waals surface area contributed by atoms with Gasteiger partial charge >= 0.3 is 5.97 Å². The van der Waals surface area contributed by atoms with E-state index in [0.717, 1.165) is 6.42 Å². The summed E-state index contributed by atoms with van der Waals surface area (Å²) in [5, 5.41) is 2.50. The second kappa shape index (κ2) is 12.3. The molecule has 2 aromatic carbocycles. The normalized spacial score (nSPS) is 16.6. The number of benzene rings is 2. The maximum Gasteiger partial charge on any atom is 0.330 e. The molecule has 0 saturated carbocycles. The lowest BCUT2D eigenvalue weighted by molar-refractivity contribution is -0.134. The second-order valence-corrected chi connectivity index (χ2v) is 16.5. The molecule has 3 rings (SSSR count). The number of thioether (sulfide) groups is 2. The topological polar surface area (TPSA) is 35.5 Å². The van der Waals surface area contributed by atoms with Gasteiger partial charge < -0.3 is 9.16 Å². The third-order valence-electron chi connectivity index (χ3n) is 5.97. The van der Waals surface area contributed by atoms with Gasteiger partial charge in [-0.2, -0.15) is 0 Å². The molecule has 1 aliphatic heterocycles. The van der Waals surface area contributed by atoms with Crippen LogP contribution in [0.5, 0.6) is 0 Å². The van der Waals surface area contributed by atoms with E-state index >= 15 is 0 Å². The zero-order valence-corrected chi connectivity index (χ0v) is 22.8. The Balaban J connectivity index is 2.03. The van der Waals surface area contributed by atoms with E-state index in [-0.39, 0.29) is 17.1 Å². The number of methoxy groups -OCH3 is 1. The van der Waals surface area contributed by atoms with Crippen LogP contribution in [0.1, 0.15) is 40.0 Å². The zero-order valence-electron chi connectivity index (χ0n) is 20.2. The van der Waals surface area contributed by atoms with E-state index in [2.05, 4.69) is 81.4 Å². The molecule has 1 atom stereocenters. The highest BCUT2D eigenvalue weighted by Gasteiger charge is 2.51. The minimum Gasteiger partial charge on any atom is -0.466 e. The number of rotatable bonds is 9. The van der Waals surface area contributed by atoms with E-state index in [1.807, 2.05) is 29.6 Å². The average Bonchev–Trinajstić information content (AvgIpc) is 2.83. The Morgan fingerprint density at radius 3 is 2.06 bits per heavy atom. The average molecular weight is 501 g/mol. The van der Waals surface area contributed by atoms with Crippen LogP contribution in [0.4, 0.5) is 0 Å². The van der Waals surface area contributed by atoms with Gasteiger partial charge in [-0.3, -0.25) is 0 Å². The van der Waals surface area contributed by atoms with Crippen molar-refractivity contribution in [3.8, 4) is 0 Å². The summed E-state index contributed by atoms with van der Waals surface area (Å²) in [6.07, 6.45) is 6.40. The Labute approximate surface area is 208 Å². The molecule has 0 amide bonds. The molecule has 33 heavy (non-hydrogen) atoms. The van der Waals surface area contributed by atoms with Crippen molar-refractivity contribution in [3.05, 3.63) is 72.8 Å². The third kappa shape index (κ3) is 6.78. The van der Waals surface area contributed by atoms with Crippen molar-refractivity contribution < 1.29 is 14.0 Å². The molecule has 0 aliphatic carbocycles. The summed E-state index contributed by atoms with van der Waals surface area (Å²) < 4.78 is 12.7. The van der Waals surface area contributed by atoms with Crippen LogP contribution < -0.4 is 10.4 Å². The van der Waals surface area contributed by atoms with Gasteiger partial charge in [0.05, 0.1) is 17.8 Å². The van der Waals surface area contributed by atoms with Crippen molar-refractivity contribution in [1.82, 2.24) is 0 Å². The first-order valence-electron chi connectivity index (χ1n) is 11.6. The number of carbonyl (C=O) groups is 1. The van der Waals surface area contributed by atoms with Crippen molar-refractivity contribution >= 4 is 48.2 Å². The molecule has 1 saturated heterocycles. The summed E-state index contributed by atoms with van der Waals surface area (Å²) >= 11 is 4.09. The van der Waals surface area contributed by atoms with Gasteiger partial charge in [-0.15, -0.1) is 23.5 Å². The minimum absolute atomic E-state index is 0.0142. The van der Waals surface area contributed by atoms with Crippen LogP contribution in [0.3, 0.4) is 0 Å². The summed E-state index contributed by atoms with van der Waals surface area (Å²) in [5.74, 6) is 2.10. The summed E-state index contributed by atoms with van der Waals surface area (Å²) in [6, 6.07) is 21.5. The fraction of sp³-hybridized carbons (Fsp3) is 0.444. The number of esters is 1. The van der Waals surface area contributed by atoms with Crippen LogP contribution in [0, 0.1) is 0 Å². The fourth-order valence-corrected chi connectivity index (χ4v) is 12.1. The molecule has 0 N–H and O–H groups in total. The molecular weight excluding hydrogens is 465 g/mol. The Morgan fingerprint density at radius 1 is 1.03 bits per heavy atom. The molecule has 2 aromatic rings. The smallest absolute Gasteiger partial charge is 0.330 e. The van der Waals surface area contributed by atoms with E-state index in [1.54, 1.807) is 0 Å². The summed E-state index contributed by atoms with van der Waals surface area (Å²) in [5.41, 5.74) is 0. The van der Waals surface area contributed by atoms with Crippen molar-refractivity contribution in [2.75, 3.05) is 18.6 Å². The van der Waals surface area contributed by atoms with E-state index in [4.69, 9.17) is 9.16 Å². The predicted molar refractivity (Wildman–Crippen MR) is 146 cm³/mol. The molecule has 3 nitrogen and oxygen atoms in total. The molecule has 0 bridgehead atoms. The standard InChI is InChI=1S/C27H36O3S2Si/c1-27(2,3)33(23-14-7-5-8-15-23,24-16-9-6-10-17-24)30-22(13-11-18-25(28)29-4)21-26-31-19-12-20-32-26/h5-11,14-18,22,26H,12-13,19-21H2,1-4H3/b18-11+/t22-/m0/s1. The molecule has 1 heterocycles. The highest BCUT2D eigenvalue weighted by Crippen LogP contribution is 2.40. The first-order valence-corrected chi connectivity index (χ1v) is 15.6. The highest BCUT2D eigenvalue weighted by atomic mass is 32.2. The Bertz CT molecular complexity index is 851. The minimum atomic E-state index is -2.65. The Kier molecular flexibility index (Phi) is 9.74. The molecule has 0 unspecified atom stereocenters. The Hall–Kier alpha value is -1.47. The molecular formula is C27H36O3S2Si. The zero-order chi connectivity index (χ0) is 23.7. The summed E-state index contributed by atoms with van der Waals surface area (Å²) in [6.45, 7) is 6.93. The van der Waals surface area contributed by atoms with Gasteiger partial charge in [0.2, 0.25) is 0 Å². The third-order valence-corrected chi connectivity index (χ3v) is 14.1. The van der Waals surface area contributed by atoms with Crippen LogP contribution in [0.25, 0.3) is 0 Å². The number of carbonyl (C=O) groups excluding carboxylic acids is 1. The summed E-state index contributed by atoms with van der Waals surface area (Å²) in [4.78, 5) is 11.7. The van der Waals surface area contributed by atoms with Crippen LogP contribution >= 0.6 is 23.5 Å². The van der Waals surface area contributed by atoms with Gasteiger partial charge in [-0.1, -0.05) is 87.5 Å². The first-order chi connectivity index (χ1) is 15.9. The maximum absolute atomic E-state index is 11.7. The Morgan fingerprint density at radius 2 is 1.58 bits per heavy atom. The quantitative estimate of drug-likeness (QED) is 0.253. The largest absolute Gasteiger partial charge is 0.466 e. The van der Waals surface area contributed by atoms with E-state index < -0.39 is 8.32 Å². The van der Waals surface area contributed by atoms with Crippen LogP contribution in [-0.2, 0) is 14.0 Å². The lowest BCUT2D eigenvalue weighted by atomic mass is 10.2. The van der Waals surface area contributed by atoms with E-state index in [1.165, 1.54) is 41.5 Å². The monoisotopic (exact) mass is 500 g/mol. The molecule has 1 fully saturated rings. The van der Waals surface area contributed by atoms with Gasteiger partial charge in [-0.25, -0.2) is 4.79 Å². The van der Waals surface area contributed by atoms with Gasteiger partial charge in [0.25, 0.3) is 8.32 Å². The molecule has 6 heteroatoms. The van der Waals surface area contributed by atoms with Crippen molar-refractivity contribution in [3.63, 3.8) is 0 Å². The number of hydrogen-bond donors (Lipinski definition) is 0. The van der Waals surface area contributed by atoms with Gasteiger partial charge in [-0.05, 0) is 46.2 Å². The number of hydrogen-bond acceptors (Lipinski definition) is 5. The maximum atomic E-state index is 11.7. The van der Waals surface area contributed by atoms with Crippen LogP contribution in [0.2, 0.25) is 5.04 Å². The molecule has 1 aliphatic rings. The summed E-state index contributed by atoms with van der Waals surface area (Å²) in [7, 11) is -1.24. The molecule has 178 valence electrons. The molecule has 0 radical (unpaired) electrons. The highest BCUT2D eigenvalue weighted by molar-refractivity contribution is 8.17. The van der Waals surface area contributed by atoms with Crippen molar-refractivity contribution in [2.45, 2.75) is 55.8 Å². The fourth-order valence-electron chi connectivity index (χ4n) is 4.41. The van der Waals surface area contributed by atoms with Crippen molar-refractivity contribution in [2.24, 2.45) is 0 Å². The lowest BCUT2D eigenvalue weighted by Gasteiger charge is -2.45. The molecule has 0 spiro atoms. The first kappa shape index (κ1) is 26.1. The van der Waals surface area contributed by atoms with Gasteiger partial charge in [0, 0.05) is 6.08 Å². The lowest BCUT2D eigenvalue weighted by Crippen LogP contribution is -2.67. The van der Waals surface area contributed by atoms with Gasteiger partial charge in [0.1, 0.15) is 0 Å².